The molecule has 2 aromatic rings. The third-order valence-electron chi connectivity index (χ3n) is 2.68. The predicted molar refractivity (Wildman–Crippen MR) is 85.3 cm³/mol. The number of fused-ring (bicyclic) bond motifs is 1. The Morgan fingerprint density at radius 2 is 1.95 bits per heavy atom. The lowest BCUT2D eigenvalue weighted by atomic mass is 10.1. The number of pyridine rings is 1. The number of nitrogens with zero attached hydrogens (tertiary/aromatic N) is 1. The van der Waals surface area contributed by atoms with Crippen LogP contribution >= 0.6 is 27.3 Å². The van der Waals surface area contributed by atoms with E-state index >= 15 is 0 Å². The summed E-state index contributed by atoms with van der Waals surface area (Å²) in [5.74, 6) is 0. The monoisotopic (exact) mass is 397 g/mol. The molecule has 0 aliphatic rings. The first-order valence-corrected chi connectivity index (χ1v) is 11.4. The van der Waals surface area contributed by atoms with E-state index in [4.69, 9.17) is 4.43 Å². The second-order valence-electron chi connectivity index (χ2n) is 5.77. The summed E-state index contributed by atoms with van der Waals surface area (Å²) in [5.41, 5.74) is 1.14. The van der Waals surface area contributed by atoms with Crippen LogP contribution in [0, 0.1) is 6.92 Å². The Morgan fingerprint density at radius 3 is 2.48 bits per heavy atom. The zero-order valence-electron chi connectivity index (χ0n) is 12.0. The van der Waals surface area contributed by atoms with Gasteiger partial charge in [-0.3, -0.25) is 4.98 Å². The zero-order chi connectivity index (χ0) is 16.0. The normalized spacial score (nSPS) is 14.7. The molecule has 1 unspecified atom stereocenters. The fraction of sp³-hybridized carbons (Fsp3) is 0.462. The Kier molecular flexibility index (Phi) is 4.54. The minimum atomic E-state index is -4.45. The van der Waals surface area contributed by atoms with E-state index in [1.807, 2.05) is 0 Å². The van der Waals surface area contributed by atoms with Gasteiger partial charge in [-0.2, -0.15) is 13.2 Å². The van der Waals surface area contributed by atoms with Crippen LogP contribution in [0.1, 0.15) is 17.4 Å². The van der Waals surface area contributed by atoms with E-state index in [0.29, 0.717) is 15.9 Å². The molecule has 2 nitrogen and oxygen atoms in total. The minimum Gasteiger partial charge on any atom is -0.403 e. The Morgan fingerprint density at radius 1 is 1.33 bits per heavy atom. The Hall–Kier alpha value is -0.443. The highest BCUT2D eigenvalue weighted by Crippen LogP contribution is 2.43. The quantitative estimate of drug-likeness (QED) is 0.608. The third-order valence-corrected chi connectivity index (χ3v) is 5.54. The van der Waals surface area contributed by atoms with Gasteiger partial charge in [-0.15, -0.1) is 11.3 Å². The maximum Gasteiger partial charge on any atom is 0.417 e. The maximum atomic E-state index is 13.4. The van der Waals surface area contributed by atoms with Crippen LogP contribution in [0.5, 0.6) is 0 Å². The van der Waals surface area contributed by atoms with Gasteiger partial charge in [-0.05, 0) is 53.9 Å². The van der Waals surface area contributed by atoms with Crippen molar-refractivity contribution < 1.29 is 17.6 Å². The zero-order valence-corrected chi connectivity index (χ0v) is 15.4. The van der Waals surface area contributed by atoms with Gasteiger partial charge >= 0.3 is 6.18 Å². The van der Waals surface area contributed by atoms with E-state index in [9.17, 15) is 13.2 Å². The molecule has 0 aliphatic heterocycles. The van der Waals surface area contributed by atoms with Crippen molar-refractivity contribution in [3.63, 3.8) is 0 Å². The average Bonchev–Trinajstić information content (AvgIpc) is 2.66. The SMILES string of the molecule is Cc1cc(Br)c2scc(C(O[Si](C)(C)C)C(F)(F)F)c2n1. The van der Waals surface area contributed by atoms with Gasteiger partial charge in [-0.1, -0.05) is 0 Å². The van der Waals surface area contributed by atoms with Gasteiger partial charge in [0.05, 0.1) is 10.2 Å². The van der Waals surface area contributed by atoms with Crippen molar-refractivity contribution in [3.05, 3.63) is 27.2 Å². The molecule has 116 valence electrons. The number of alkyl halides is 3. The predicted octanol–water partition coefficient (Wildman–Crippen LogP) is 5.82. The Balaban J connectivity index is 2.60. The number of hydrogen-bond acceptors (Lipinski definition) is 3. The number of rotatable bonds is 3. The largest absolute Gasteiger partial charge is 0.417 e. The van der Waals surface area contributed by atoms with Gasteiger partial charge in [0.15, 0.2) is 14.4 Å². The topological polar surface area (TPSA) is 22.1 Å². The van der Waals surface area contributed by atoms with Crippen LogP contribution in [0.2, 0.25) is 19.6 Å². The summed E-state index contributed by atoms with van der Waals surface area (Å²) < 4.78 is 47.1. The standard InChI is InChI=1S/C13H15BrF3NOSSi/c1-7-5-9(14)11-10(18-7)8(6-20-11)12(13(15,16)17)19-21(2,3)4/h5-6,12H,1-4H3. The van der Waals surface area contributed by atoms with Crippen LogP contribution in [-0.4, -0.2) is 19.5 Å². The van der Waals surface area contributed by atoms with Gasteiger partial charge < -0.3 is 4.43 Å². The van der Waals surface area contributed by atoms with Crippen molar-refractivity contribution >= 4 is 45.8 Å². The van der Waals surface area contributed by atoms with Crippen molar-refractivity contribution in [1.82, 2.24) is 4.98 Å². The number of aryl methyl sites for hydroxylation is 1. The molecular formula is C13H15BrF3NOSSi. The van der Waals surface area contributed by atoms with Crippen LogP contribution in [0.4, 0.5) is 13.2 Å². The molecule has 0 amide bonds. The van der Waals surface area contributed by atoms with E-state index in [2.05, 4.69) is 20.9 Å². The maximum absolute atomic E-state index is 13.4. The number of aromatic nitrogens is 1. The molecule has 0 fully saturated rings. The van der Waals surface area contributed by atoms with E-state index < -0.39 is 20.6 Å². The fourth-order valence-corrected chi connectivity index (χ4v) is 4.65. The van der Waals surface area contributed by atoms with Gasteiger partial charge in [-0.25, -0.2) is 0 Å². The molecule has 0 radical (unpaired) electrons. The molecule has 2 rings (SSSR count). The van der Waals surface area contributed by atoms with Crippen LogP contribution in [-0.2, 0) is 4.43 Å². The minimum absolute atomic E-state index is 0.106. The summed E-state index contributed by atoms with van der Waals surface area (Å²) in [4.78, 5) is 4.28. The second kappa shape index (κ2) is 5.64. The molecule has 2 heterocycles. The molecule has 21 heavy (non-hydrogen) atoms. The van der Waals surface area contributed by atoms with E-state index in [-0.39, 0.29) is 5.56 Å². The van der Waals surface area contributed by atoms with Crippen LogP contribution in [0.25, 0.3) is 10.2 Å². The van der Waals surface area contributed by atoms with Crippen LogP contribution in [0.3, 0.4) is 0 Å². The highest BCUT2D eigenvalue weighted by Gasteiger charge is 2.45. The highest BCUT2D eigenvalue weighted by atomic mass is 79.9. The number of hydrogen-bond donors (Lipinski definition) is 0. The van der Waals surface area contributed by atoms with Gasteiger partial charge in [0.25, 0.3) is 0 Å². The van der Waals surface area contributed by atoms with Crippen molar-refractivity contribution in [3.8, 4) is 0 Å². The molecule has 0 spiro atoms. The molecule has 0 saturated carbocycles. The third kappa shape index (κ3) is 3.85. The molecular weight excluding hydrogens is 383 g/mol. The molecule has 0 saturated heterocycles. The summed E-state index contributed by atoms with van der Waals surface area (Å²) in [6.07, 6.45) is -6.37. The Bertz CT molecular complexity index is 666. The molecule has 0 aromatic carbocycles. The van der Waals surface area contributed by atoms with Gasteiger partial charge in [0, 0.05) is 15.7 Å². The molecule has 0 aliphatic carbocycles. The van der Waals surface area contributed by atoms with Gasteiger partial charge in [0.1, 0.15) is 0 Å². The fourth-order valence-electron chi connectivity index (χ4n) is 1.95. The molecule has 8 heteroatoms. The lowest BCUT2D eigenvalue weighted by Gasteiger charge is -2.27. The lowest BCUT2D eigenvalue weighted by Crippen LogP contribution is -2.34. The summed E-state index contributed by atoms with van der Waals surface area (Å²) in [6.45, 7) is 6.99. The molecule has 0 bridgehead atoms. The first-order valence-electron chi connectivity index (χ1n) is 6.28. The first kappa shape index (κ1) is 16.9. The summed E-state index contributed by atoms with van der Waals surface area (Å²) in [5, 5.41) is 1.50. The van der Waals surface area contributed by atoms with Crippen molar-refractivity contribution in [2.45, 2.75) is 38.8 Å². The van der Waals surface area contributed by atoms with Crippen molar-refractivity contribution in [2.75, 3.05) is 0 Å². The molecule has 2 aromatic heterocycles. The summed E-state index contributed by atoms with van der Waals surface area (Å²) in [6, 6.07) is 1.80. The van der Waals surface area contributed by atoms with Crippen molar-refractivity contribution in [2.24, 2.45) is 0 Å². The molecule has 1 atom stereocenters. The van der Waals surface area contributed by atoms with Crippen molar-refractivity contribution in [1.29, 1.82) is 0 Å². The van der Waals surface area contributed by atoms with Gasteiger partial charge in [0.2, 0.25) is 0 Å². The number of halogens is 4. The summed E-state index contributed by atoms with van der Waals surface area (Å²) >= 11 is 4.62. The lowest BCUT2D eigenvalue weighted by molar-refractivity contribution is -0.200. The van der Waals surface area contributed by atoms with Crippen LogP contribution < -0.4 is 0 Å². The van der Waals surface area contributed by atoms with Crippen LogP contribution in [0.15, 0.2) is 15.9 Å². The second-order valence-corrected chi connectivity index (χ2v) is 12.0. The summed E-state index contributed by atoms with van der Waals surface area (Å²) in [7, 11) is -2.36. The average molecular weight is 398 g/mol. The van der Waals surface area contributed by atoms with E-state index in [1.54, 1.807) is 32.6 Å². The molecule has 0 N–H and O–H groups in total. The Labute approximate surface area is 134 Å². The highest BCUT2D eigenvalue weighted by molar-refractivity contribution is 9.10. The number of thiophene rings is 1. The smallest absolute Gasteiger partial charge is 0.403 e. The first-order chi connectivity index (χ1) is 9.49. The van der Waals surface area contributed by atoms with E-state index in [1.165, 1.54) is 16.7 Å². The van der Waals surface area contributed by atoms with E-state index in [0.717, 1.165) is 4.47 Å².